The van der Waals surface area contributed by atoms with Gasteiger partial charge in [0.25, 0.3) is 5.91 Å². The molecule has 5 rings (SSSR count). The maximum absolute atomic E-state index is 13.1. The van der Waals surface area contributed by atoms with E-state index in [1.54, 1.807) is 11.0 Å². The van der Waals surface area contributed by atoms with Gasteiger partial charge in [0.15, 0.2) is 0 Å². The van der Waals surface area contributed by atoms with Crippen molar-refractivity contribution in [2.24, 2.45) is 0 Å². The summed E-state index contributed by atoms with van der Waals surface area (Å²) in [5.74, 6) is 0.614. The van der Waals surface area contributed by atoms with Crippen LogP contribution in [0, 0.1) is 0 Å². The fourth-order valence-electron chi connectivity index (χ4n) is 3.95. The normalized spacial score (nSPS) is 15.7. The molecular weight excluding hydrogens is 384 g/mol. The Morgan fingerprint density at radius 2 is 1.87 bits per heavy atom. The van der Waals surface area contributed by atoms with Crippen LogP contribution in [0.15, 0.2) is 46.9 Å². The molecule has 1 aromatic heterocycles. The van der Waals surface area contributed by atoms with Crippen molar-refractivity contribution in [1.29, 1.82) is 0 Å². The Morgan fingerprint density at radius 1 is 1.03 bits per heavy atom. The second-order valence-corrected chi connectivity index (χ2v) is 7.47. The monoisotopic (exact) mass is 406 g/mol. The van der Waals surface area contributed by atoms with E-state index >= 15 is 0 Å². The summed E-state index contributed by atoms with van der Waals surface area (Å²) in [6.07, 6.45) is 1.06. The number of hydrogen-bond acceptors (Lipinski definition) is 5. The highest BCUT2D eigenvalue weighted by molar-refractivity contribution is 6.11. The zero-order chi connectivity index (χ0) is 20.5. The molecule has 0 saturated carbocycles. The Kier molecular flexibility index (Phi) is 4.88. The van der Waals surface area contributed by atoms with Gasteiger partial charge in [-0.05, 0) is 29.3 Å². The van der Waals surface area contributed by atoms with Gasteiger partial charge in [0, 0.05) is 24.9 Å². The molecule has 2 aliphatic heterocycles. The number of rotatable bonds is 4. The standard InChI is InChI=1S/C23H22N2O5/c26-20(14-15-5-6-18-16(13-15)7-10-29-18)24-21-17-3-1-2-4-19(17)30-22(21)23(27)25-8-11-28-12-9-25/h1-6,13H,7-12,14H2,(H,24,26). The van der Waals surface area contributed by atoms with Gasteiger partial charge in [-0.3, -0.25) is 9.59 Å². The van der Waals surface area contributed by atoms with Gasteiger partial charge in [-0.25, -0.2) is 0 Å². The summed E-state index contributed by atoms with van der Waals surface area (Å²) in [6.45, 7) is 2.67. The second-order valence-electron chi connectivity index (χ2n) is 7.47. The number of fused-ring (bicyclic) bond motifs is 2. The van der Waals surface area contributed by atoms with Crippen molar-refractivity contribution in [2.75, 3.05) is 38.2 Å². The van der Waals surface area contributed by atoms with Crippen molar-refractivity contribution < 1.29 is 23.5 Å². The van der Waals surface area contributed by atoms with Crippen LogP contribution >= 0.6 is 0 Å². The van der Waals surface area contributed by atoms with Crippen molar-refractivity contribution in [3.8, 4) is 5.75 Å². The summed E-state index contributed by atoms with van der Waals surface area (Å²) >= 11 is 0. The summed E-state index contributed by atoms with van der Waals surface area (Å²) in [7, 11) is 0. The molecule has 0 bridgehead atoms. The van der Waals surface area contributed by atoms with Crippen LogP contribution in [0.4, 0.5) is 5.69 Å². The molecule has 1 N–H and O–H groups in total. The first-order chi connectivity index (χ1) is 14.7. The number of carbonyl (C=O) groups excluding carboxylic acids is 2. The Morgan fingerprint density at radius 3 is 2.73 bits per heavy atom. The van der Waals surface area contributed by atoms with Crippen molar-refractivity contribution >= 4 is 28.5 Å². The number of ether oxygens (including phenoxy) is 2. The van der Waals surface area contributed by atoms with Gasteiger partial charge in [-0.15, -0.1) is 0 Å². The number of nitrogens with zero attached hydrogens (tertiary/aromatic N) is 1. The van der Waals surface area contributed by atoms with Crippen molar-refractivity contribution in [2.45, 2.75) is 12.8 Å². The SMILES string of the molecule is O=C(Cc1ccc2c(c1)CCO2)Nc1c(C(=O)N2CCOCC2)oc2ccccc12. The fraction of sp³-hybridized carbons (Fsp3) is 0.304. The molecule has 3 heterocycles. The number of nitrogens with one attached hydrogen (secondary N) is 1. The smallest absolute Gasteiger partial charge is 0.291 e. The molecule has 0 unspecified atom stereocenters. The van der Waals surface area contributed by atoms with Gasteiger partial charge in [0.2, 0.25) is 11.7 Å². The van der Waals surface area contributed by atoms with Crippen molar-refractivity contribution in [3.05, 3.63) is 59.4 Å². The number of hydrogen-bond donors (Lipinski definition) is 1. The summed E-state index contributed by atoms with van der Waals surface area (Å²) in [6, 6.07) is 13.2. The molecule has 7 heteroatoms. The van der Waals surface area contributed by atoms with E-state index in [-0.39, 0.29) is 24.0 Å². The molecule has 154 valence electrons. The highest BCUT2D eigenvalue weighted by Crippen LogP contribution is 2.32. The van der Waals surface area contributed by atoms with Crippen LogP contribution in [-0.4, -0.2) is 49.6 Å². The third-order valence-electron chi connectivity index (χ3n) is 5.47. The Balaban J connectivity index is 1.41. The maximum Gasteiger partial charge on any atom is 0.291 e. The molecule has 1 saturated heterocycles. The summed E-state index contributed by atoms with van der Waals surface area (Å²) in [5.41, 5.74) is 3.03. The van der Waals surface area contributed by atoms with Crippen LogP contribution in [0.1, 0.15) is 21.7 Å². The minimum atomic E-state index is -0.237. The number of carbonyl (C=O) groups is 2. The number of amides is 2. The van der Waals surface area contributed by atoms with E-state index in [1.807, 2.05) is 36.4 Å². The minimum Gasteiger partial charge on any atom is -0.493 e. The van der Waals surface area contributed by atoms with E-state index in [0.717, 1.165) is 23.3 Å². The molecule has 2 aliphatic rings. The molecule has 0 atom stereocenters. The van der Waals surface area contributed by atoms with E-state index in [0.29, 0.717) is 49.6 Å². The Labute approximate surface area is 173 Å². The molecule has 0 aliphatic carbocycles. The number of furan rings is 1. The van der Waals surface area contributed by atoms with Gasteiger partial charge >= 0.3 is 0 Å². The minimum absolute atomic E-state index is 0.161. The first-order valence-electron chi connectivity index (χ1n) is 10.1. The molecule has 0 radical (unpaired) electrons. The molecule has 7 nitrogen and oxygen atoms in total. The molecule has 3 aromatic rings. The largest absolute Gasteiger partial charge is 0.493 e. The van der Waals surface area contributed by atoms with Gasteiger partial charge in [0.1, 0.15) is 17.0 Å². The summed E-state index contributed by atoms with van der Waals surface area (Å²) < 4.78 is 16.7. The highest BCUT2D eigenvalue weighted by Gasteiger charge is 2.27. The van der Waals surface area contributed by atoms with E-state index < -0.39 is 0 Å². The van der Waals surface area contributed by atoms with Crippen LogP contribution in [0.3, 0.4) is 0 Å². The number of anilines is 1. The zero-order valence-corrected chi connectivity index (χ0v) is 16.5. The quantitative estimate of drug-likeness (QED) is 0.720. The fourth-order valence-corrected chi connectivity index (χ4v) is 3.95. The topological polar surface area (TPSA) is 81.0 Å². The second kappa shape index (κ2) is 7.84. The third kappa shape index (κ3) is 3.52. The lowest BCUT2D eigenvalue weighted by molar-refractivity contribution is -0.115. The van der Waals surface area contributed by atoms with Crippen LogP contribution in [0.5, 0.6) is 5.75 Å². The van der Waals surface area contributed by atoms with Crippen LogP contribution in [0.25, 0.3) is 11.0 Å². The van der Waals surface area contributed by atoms with E-state index in [2.05, 4.69) is 5.32 Å². The van der Waals surface area contributed by atoms with Gasteiger partial charge in [-0.1, -0.05) is 24.3 Å². The molecular formula is C23H22N2O5. The summed E-state index contributed by atoms with van der Waals surface area (Å²) in [5, 5.41) is 3.64. The Hall–Kier alpha value is -3.32. The number of para-hydroxylation sites is 1. The van der Waals surface area contributed by atoms with Gasteiger partial charge in [-0.2, -0.15) is 0 Å². The van der Waals surface area contributed by atoms with E-state index in [9.17, 15) is 9.59 Å². The van der Waals surface area contributed by atoms with Crippen molar-refractivity contribution in [1.82, 2.24) is 4.90 Å². The van der Waals surface area contributed by atoms with Gasteiger partial charge < -0.3 is 24.1 Å². The zero-order valence-electron chi connectivity index (χ0n) is 16.5. The van der Waals surface area contributed by atoms with E-state index in [1.165, 1.54) is 0 Å². The molecule has 30 heavy (non-hydrogen) atoms. The lowest BCUT2D eigenvalue weighted by Gasteiger charge is -2.26. The van der Waals surface area contributed by atoms with Crippen LogP contribution in [-0.2, 0) is 22.4 Å². The average Bonchev–Trinajstić information content (AvgIpc) is 3.38. The highest BCUT2D eigenvalue weighted by atomic mass is 16.5. The molecule has 0 spiro atoms. The number of benzene rings is 2. The van der Waals surface area contributed by atoms with Gasteiger partial charge in [0.05, 0.1) is 26.2 Å². The first kappa shape index (κ1) is 18.7. The lowest BCUT2D eigenvalue weighted by atomic mass is 10.1. The van der Waals surface area contributed by atoms with Crippen LogP contribution in [0.2, 0.25) is 0 Å². The van der Waals surface area contributed by atoms with E-state index in [4.69, 9.17) is 13.9 Å². The third-order valence-corrected chi connectivity index (χ3v) is 5.47. The maximum atomic E-state index is 13.1. The predicted octanol–water partition coefficient (Wildman–Crippen LogP) is 3.02. The number of morpholine rings is 1. The lowest BCUT2D eigenvalue weighted by Crippen LogP contribution is -2.40. The summed E-state index contributed by atoms with van der Waals surface area (Å²) in [4.78, 5) is 27.6. The Bertz CT molecular complexity index is 1110. The molecule has 1 fully saturated rings. The van der Waals surface area contributed by atoms with Crippen molar-refractivity contribution in [3.63, 3.8) is 0 Å². The average molecular weight is 406 g/mol. The first-order valence-corrected chi connectivity index (χ1v) is 10.1. The molecule has 2 aromatic carbocycles. The molecule has 2 amide bonds. The van der Waals surface area contributed by atoms with Crippen LogP contribution < -0.4 is 10.1 Å². The predicted molar refractivity (Wildman–Crippen MR) is 111 cm³/mol.